The molecule has 2 rings (SSSR count). The van der Waals surface area contributed by atoms with Gasteiger partial charge in [-0.25, -0.2) is 12.8 Å². The molecule has 0 saturated carbocycles. The van der Waals surface area contributed by atoms with Crippen LogP contribution in [0.5, 0.6) is 0 Å². The molecule has 0 saturated heterocycles. The van der Waals surface area contributed by atoms with Crippen LogP contribution in [-0.2, 0) is 23.1 Å². The van der Waals surface area contributed by atoms with Crippen LogP contribution in [-0.4, -0.2) is 13.0 Å². The van der Waals surface area contributed by atoms with Gasteiger partial charge in [-0.2, -0.15) is 0 Å². The minimum atomic E-state index is -3.82. The van der Waals surface area contributed by atoms with Gasteiger partial charge in [-0.05, 0) is 25.1 Å². The van der Waals surface area contributed by atoms with E-state index < -0.39 is 15.8 Å². The summed E-state index contributed by atoms with van der Waals surface area (Å²) in [5.74, 6) is -0.620. The monoisotopic (exact) mass is 297 g/mol. The average molecular weight is 297 g/mol. The third kappa shape index (κ3) is 2.83. The largest absolute Gasteiger partial charge is 0.349 e. The normalized spacial score (nSPS) is 11.6. The van der Waals surface area contributed by atoms with E-state index in [1.807, 2.05) is 6.92 Å². The summed E-state index contributed by atoms with van der Waals surface area (Å²) in [6, 6.07) is 7.11. The van der Waals surface area contributed by atoms with E-state index in [4.69, 9.17) is 5.73 Å². The Balaban J connectivity index is 2.36. The van der Waals surface area contributed by atoms with Crippen molar-refractivity contribution < 1.29 is 12.8 Å². The number of para-hydroxylation sites is 1. The maximum absolute atomic E-state index is 13.5. The number of rotatable bonds is 5. The lowest BCUT2D eigenvalue weighted by atomic mass is 10.3. The molecular weight excluding hydrogens is 281 g/mol. The Labute approximate surface area is 117 Å². The summed E-state index contributed by atoms with van der Waals surface area (Å²) in [7, 11) is -3.82. The Hall–Kier alpha value is -1.86. The van der Waals surface area contributed by atoms with E-state index in [1.54, 1.807) is 10.6 Å². The van der Waals surface area contributed by atoms with Crippen LogP contribution < -0.4 is 10.5 Å². The van der Waals surface area contributed by atoms with Gasteiger partial charge in [0.2, 0.25) is 0 Å². The molecule has 1 heterocycles. The van der Waals surface area contributed by atoms with E-state index in [9.17, 15) is 12.8 Å². The lowest BCUT2D eigenvalue weighted by Gasteiger charge is -2.07. The van der Waals surface area contributed by atoms with Crippen LogP contribution in [0.4, 0.5) is 10.1 Å². The van der Waals surface area contributed by atoms with Crippen LogP contribution in [0.1, 0.15) is 12.6 Å². The molecule has 0 radical (unpaired) electrons. The van der Waals surface area contributed by atoms with Crippen molar-refractivity contribution in [1.29, 1.82) is 0 Å². The molecular formula is C13H16FN3O2S. The fourth-order valence-corrected chi connectivity index (χ4v) is 3.02. The minimum Gasteiger partial charge on any atom is -0.349 e. The maximum atomic E-state index is 13.5. The van der Waals surface area contributed by atoms with Gasteiger partial charge >= 0.3 is 0 Å². The number of nitrogens with two attached hydrogens (primary N) is 1. The first-order valence-corrected chi connectivity index (χ1v) is 7.62. The highest BCUT2D eigenvalue weighted by atomic mass is 32.2. The van der Waals surface area contributed by atoms with Crippen molar-refractivity contribution in [2.75, 3.05) is 4.72 Å². The molecule has 7 heteroatoms. The Bertz CT molecular complexity index is 689. The molecule has 0 bridgehead atoms. The van der Waals surface area contributed by atoms with Crippen molar-refractivity contribution in [3.05, 3.63) is 48.0 Å². The van der Waals surface area contributed by atoms with Crippen molar-refractivity contribution in [1.82, 2.24) is 4.57 Å². The van der Waals surface area contributed by atoms with Crippen LogP contribution in [0.15, 0.2) is 41.4 Å². The first-order chi connectivity index (χ1) is 9.47. The van der Waals surface area contributed by atoms with E-state index in [0.717, 1.165) is 0 Å². The molecule has 0 spiro atoms. The van der Waals surface area contributed by atoms with Gasteiger partial charge in [0.05, 0.1) is 5.69 Å². The van der Waals surface area contributed by atoms with E-state index in [-0.39, 0.29) is 17.1 Å². The zero-order valence-corrected chi connectivity index (χ0v) is 11.8. The molecule has 0 aliphatic rings. The second kappa shape index (κ2) is 5.64. The number of nitrogens with one attached hydrogen (secondary N) is 1. The van der Waals surface area contributed by atoms with Crippen LogP contribution in [0.2, 0.25) is 0 Å². The number of aromatic nitrogens is 1. The van der Waals surface area contributed by atoms with E-state index >= 15 is 0 Å². The zero-order chi connectivity index (χ0) is 14.8. The maximum Gasteiger partial charge on any atom is 0.263 e. The van der Waals surface area contributed by atoms with Crippen LogP contribution in [0.25, 0.3) is 0 Å². The van der Waals surface area contributed by atoms with Gasteiger partial charge in [-0.1, -0.05) is 12.1 Å². The quantitative estimate of drug-likeness (QED) is 0.885. The lowest BCUT2D eigenvalue weighted by Crippen LogP contribution is -2.13. The summed E-state index contributed by atoms with van der Waals surface area (Å²) < 4.78 is 41.9. The number of halogens is 1. The number of aryl methyl sites for hydroxylation is 1. The number of hydrogen-bond acceptors (Lipinski definition) is 3. The summed E-state index contributed by atoms with van der Waals surface area (Å²) in [6.07, 6.45) is 1.49. The predicted molar refractivity (Wildman–Crippen MR) is 75.2 cm³/mol. The van der Waals surface area contributed by atoms with Gasteiger partial charge in [0.25, 0.3) is 10.0 Å². The predicted octanol–water partition coefficient (Wildman–Crippen LogP) is 1.91. The molecule has 2 aromatic rings. The molecule has 0 atom stereocenters. The van der Waals surface area contributed by atoms with Gasteiger partial charge in [-0.3, -0.25) is 4.72 Å². The first-order valence-electron chi connectivity index (χ1n) is 6.14. The Morgan fingerprint density at radius 3 is 2.60 bits per heavy atom. The van der Waals surface area contributed by atoms with Gasteiger partial charge in [0.1, 0.15) is 10.7 Å². The molecule has 0 amide bonds. The second-order valence-corrected chi connectivity index (χ2v) is 5.93. The third-order valence-corrected chi connectivity index (χ3v) is 4.27. The van der Waals surface area contributed by atoms with Crippen LogP contribution >= 0.6 is 0 Å². The van der Waals surface area contributed by atoms with Gasteiger partial charge in [-0.15, -0.1) is 0 Å². The van der Waals surface area contributed by atoms with Crippen molar-refractivity contribution in [2.24, 2.45) is 5.73 Å². The molecule has 0 unspecified atom stereocenters. The molecule has 20 heavy (non-hydrogen) atoms. The standard InChI is InChI=1S/C13H16FN3O2S/c1-2-17-9-11(7-10(17)8-15)20(18,19)16-13-6-4-3-5-12(13)14/h3-7,9,16H,2,8,15H2,1H3. The Morgan fingerprint density at radius 1 is 1.35 bits per heavy atom. The average Bonchev–Trinajstić information content (AvgIpc) is 2.85. The molecule has 1 aromatic carbocycles. The van der Waals surface area contributed by atoms with E-state index in [1.165, 1.54) is 30.5 Å². The number of benzene rings is 1. The van der Waals surface area contributed by atoms with E-state index in [0.29, 0.717) is 12.2 Å². The molecule has 0 fully saturated rings. The highest BCUT2D eigenvalue weighted by molar-refractivity contribution is 7.92. The summed E-state index contributed by atoms with van der Waals surface area (Å²) in [5, 5.41) is 0. The van der Waals surface area contributed by atoms with Crippen molar-refractivity contribution >= 4 is 15.7 Å². The molecule has 0 aliphatic heterocycles. The van der Waals surface area contributed by atoms with Crippen molar-refractivity contribution in [2.45, 2.75) is 24.9 Å². The summed E-state index contributed by atoms with van der Waals surface area (Å²) >= 11 is 0. The van der Waals surface area contributed by atoms with Crippen molar-refractivity contribution in [3.63, 3.8) is 0 Å². The fraction of sp³-hybridized carbons (Fsp3) is 0.231. The molecule has 3 N–H and O–H groups in total. The minimum absolute atomic E-state index is 0.0723. The number of nitrogens with zero attached hydrogens (tertiary/aromatic N) is 1. The summed E-state index contributed by atoms with van der Waals surface area (Å²) in [4.78, 5) is 0.0723. The highest BCUT2D eigenvalue weighted by Gasteiger charge is 2.19. The van der Waals surface area contributed by atoms with Crippen LogP contribution in [0, 0.1) is 5.82 Å². The third-order valence-electron chi connectivity index (χ3n) is 2.94. The van der Waals surface area contributed by atoms with E-state index in [2.05, 4.69) is 4.72 Å². The summed E-state index contributed by atoms with van der Waals surface area (Å²) in [5.41, 5.74) is 6.20. The SMILES string of the molecule is CCn1cc(S(=O)(=O)Nc2ccccc2F)cc1CN. The zero-order valence-electron chi connectivity index (χ0n) is 11.0. The highest BCUT2D eigenvalue weighted by Crippen LogP contribution is 2.20. The lowest BCUT2D eigenvalue weighted by molar-refractivity contribution is 0.598. The van der Waals surface area contributed by atoms with Gasteiger partial charge in [0.15, 0.2) is 0 Å². The molecule has 1 aromatic heterocycles. The molecule has 108 valence electrons. The molecule has 5 nitrogen and oxygen atoms in total. The Morgan fingerprint density at radius 2 is 2.05 bits per heavy atom. The van der Waals surface area contributed by atoms with Gasteiger partial charge in [0, 0.05) is 25.0 Å². The second-order valence-electron chi connectivity index (χ2n) is 4.24. The first kappa shape index (κ1) is 14.5. The van der Waals surface area contributed by atoms with Crippen LogP contribution in [0.3, 0.4) is 0 Å². The van der Waals surface area contributed by atoms with Crippen molar-refractivity contribution in [3.8, 4) is 0 Å². The Kier molecular flexibility index (Phi) is 4.10. The van der Waals surface area contributed by atoms with Gasteiger partial charge < -0.3 is 10.3 Å². The number of anilines is 1. The summed E-state index contributed by atoms with van der Waals surface area (Å²) in [6.45, 7) is 2.74. The fourth-order valence-electron chi connectivity index (χ4n) is 1.89. The smallest absolute Gasteiger partial charge is 0.263 e. The topological polar surface area (TPSA) is 77.1 Å². The number of hydrogen-bond donors (Lipinski definition) is 2. The molecule has 0 aliphatic carbocycles. The number of sulfonamides is 1.